The Balaban J connectivity index is 0.00000676. The van der Waals surface area contributed by atoms with Crippen LogP contribution < -0.4 is 16.0 Å². The molecule has 0 saturated carbocycles. The van der Waals surface area contributed by atoms with Crippen LogP contribution in [0.4, 0.5) is 4.79 Å². The Morgan fingerprint density at radius 2 is 1.70 bits per heavy atom. The van der Waals surface area contributed by atoms with Gasteiger partial charge in [-0.3, -0.25) is 0 Å². The number of carbonyl (C=O) groups is 1. The summed E-state index contributed by atoms with van der Waals surface area (Å²) in [5.41, 5.74) is 1.75. The monoisotopic (exact) mass is 492 g/mol. The van der Waals surface area contributed by atoms with Crippen LogP contribution in [0.15, 0.2) is 29.3 Å². The standard InChI is InChI=1S/C19H32N4O3.HI/c1-6-20-17(21-11-12-22-18(24)26-19(2,3)4)23-13-15-9-7-8-10-16(15)14-25-5;/h7-10H,6,11-14H2,1-5H3,(H,22,24)(H2,20,21,23);1H. The average molecular weight is 492 g/mol. The van der Waals surface area contributed by atoms with Gasteiger partial charge in [-0.15, -0.1) is 24.0 Å². The molecule has 0 saturated heterocycles. The summed E-state index contributed by atoms with van der Waals surface area (Å²) in [4.78, 5) is 16.2. The summed E-state index contributed by atoms with van der Waals surface area (Å²) in [6.45, 7) is 10.4. The summed E-state index contributed by atoms with van der Waals surface area (Å²) < 4.78 is 10.4. The van der Waals surface area contributed by atoms with Crippen LogP contribution in [0.2, 0.25) is 0 Å². The van der Waals surface area contributed by atoms with Crippen molar-refractivity contribution in [3.05, 3.63) is 35.4 Å². The first-order chi connectivity index (χ1) is 12.4. The van der Waals surface area contributed by atoms with Gasteiger partial charge in [-0.05, 0) is 38.8 Å². The zero-order valence-electron chi connectivity index (χ0n) is 16.9. The third kappa shape index (κ3) is 11.7. The molecule has 0 atom stereocenters. The molecule has 0 unspecified atom stereocenters. The molecule has 1 amide bonds. The van der Waals surface area contributed by atoms with E-state index in [-0.39, 0.29) is 24.0 Å². The highest BCUT2D eigenvalue weighted by Gasteiger charge is 2.15. The van der Waals surface area contributed by atoms with Crippen molar-refractivity contribution in [2.24, 2.45) is 4.99 Å². The molecule has 0 heterocycles. The van der Waals surface area contributed by atoms with E-state index in [4.69, 9.17) is 9.47 Å². The van der Waals surface area contributed by atoms with E-state index in [0.29, 0.717) is 32.2 Å². The number of alkyl carbamates (subject to hydrolysis) is 1. The molecule has 154 valence electrons. The van der Waals surface area contributed by atoms with Gasteiger partial charge in [-0.25, -0.2) is 9.79 Å². The minimum atomic E-state index is -0.497. The van der Waals surface area contributed by atoms with Gasteiger partial charge in [-0.2, -0.15) is 0 Å². The van der Waals surface area contributed by atoms with Gasteiger partial charge in [0.25, 0.3) is 0 Å². The zero-order chi connectivity index (χ0) is 19.4. The molecule has 0 aliphatic carbocycles. The molecule has 8 heteroatoms. The van der Waals surface area contributed by atoms with Crippen LogP contribution in [0.3, 0.4) is 0 Å². The summed E-state index contributed by atoms with van der Waals surface area (Å²) in [7, 11) is 1.68. The van der Waals surface area contributed by atoms with E-state index < -0.39 is 11.7 Å². The number of nitrogens with zero attached hydrogens (tertiary/aromatic N) is 1. The number of rotatable bonds is 8. The van der Waals surface area contributed by atoms with Crippen molar-refractivity contribution in [2.45, 2.75) is 46.4 Å². The van der Waals surface area contributed by atoms with E-state index in [0.717, 1.165) is 17.7 Å². The Morgan fingerprint density at radius 3 is 2.30 bits per heavy atom. The molecule has 0 aliphatic heterocycles. The average Bonchev–Trinajstić information content (AvgIpc) is 2.56. The lowest BCUT2D eigenvalue weighted by molar-refractivity contribution is 0.0529. The minimum Gasteiger partial charge on any atom is -0.444 e. The first-order valence-electron chi connectivity index (χ1n) is 8.90. The van der Waals surface area contributed by atoms with Crippen molar-refractivity contribution in [1.82, 2.24) is 16.0 Å². The number of hydrogen-bond acceptors (Lipinski definition) is 4. The van der Waals surface area contributed by atoms with Crippen LogP contribution in [0, 0.1) is 0 Å². The van der Waals surface area contributed by atoms with Crippen LogP contribution >= 0.6 is 24.0 Å². The highest BCUT2D eigenvalue weighted by molar-refractivity contribution is 14.0. The van der Waals surface area contributed by atoms with Crippen LogP contribution in [0.5, 0.6) is 0 Å². The lowest BCUT2D eigenvalue weighted by atomic mass is 10.1. The fraction of sp³-hybridized carbons (Fsp3) is 0.579. The van der Waals surface area contributed by atoms with Crippen LogP contribution in [0.25, 0.3) is 0 Å². The molecule has 0 spiro atoms. The Bertz CT molecular complexity index is 589. The van der Waals surface area contributed by atoms with Gasteiger partial charge in [0, 0.05) is 26.7 Å². The molecule has 27 heavy (non-hydrogen) atoms. The summed E-state index contributed by atoms with van der Waals surface area (Å²) in [5.74, 6) is 0.700. The van der Waals surface area contributed by atoms with Crippen molar-refractivity contribution in [1.29, 1.82) is 0 Å². The number of halogens is 1. The second-order valence-corrected chi connectivity index (χ2v) is 6.75. The van der Waals surface area contributed by atoms with E-state index in [1.165, 1.54) is 0 Å². The number of guanidine groups is 1. The normalized spacial score (nSPS) is 11.4. The molecule has 0 aliphatic rings. The lowest BCUT2D eigenvalue weighted by Gasteiger charge is -2.20. The van der Waals surface area contributed by atoms with Gasteiger partial charge in [0.05, 0.1) is 13.2 Å². The molecule has 0 bridgehead atoms. The maximum atomic E-state index is 11.6. The number of ether oxygens (including phenoxy) is 2. The topological polar surface area (TPSA) is 84.0 Å². The molecule has 3 N–H and O–H groups in total. The van der Waals surface area contributed by atoms with E-state index in [9.17, 15) is 4.79 Å². The fourth-order valence-corrected chi connectivity index (χ4v) is 2.17. The van der Waals surface area contributed by atoms with E-state index in [1.54, 1.807) is 7.11 Å². The van der Waals surface area contributed by atoms with Crippen molar-refractivity contribution in [3.63, 3.8) is 0 Å². The summed E-state index contributed by atoms with van der Waals surface area (Å²) in [6, 6.07) is 8.08. The van der Waals surface area contributed by atoms with Gasteiger partial charge in [0.2, 0.25) is 0 Å². The van der Waals surface area contributed by atoms with Crippen LogP contribution in [0.1, 0.15) is 38.8 Å². The second kappa shape index (κ2) is 13.6. The number of nitrogens with one attached hydrogen (secondary N) is 3. The third-order valence-electron chi connectivity index (χ3n) is 3.26. The summed E-state index contributed by atoms with van der Waals surface area (Å²) >= 11 is 0. The zero-order valence-corrected chi connectivity index (χ0v) is 19.3. The molecular weight excluding hydrogens is 459 g/mol. The fourth-order valence-electron chi connectivity index (χ4n) is 2.17. The van der Waals surface area contributed by atoms with E-state index in [2.05, 4.69) is 20.9 Å². The lowest BCUT2D eigenvalue weighted by Crippen LogP contribution is -2.42. The number of benzene rings is 1. The molecule has 1 rings (SSSR count). The summed E-state index contributed by atoms with van der Waals surface area (Å²) in [6.07, 6.45) is -0.422. The maximum absolute atomic E-state index is 11.6. The third-order valence-corrected chi connectivity index (χ3v) is 3.26. The Morgan fingerprint density at radius 1 is 1.07 bits per heavy atom. The number of carbonyl (C=O) groups excluding carboxylic acids is 1. The highest BCUT2D eigenvalue weighted by atomic mass is 127. The number of amides is 1. The smallest absolute Gasteiger partial charge is 0.407 e. The molecule has 0 radical (unpaired) electrons. The van der Waals surface area contributed by atoms with Crippen molar-refractivity contribution < 1.29 is 14.3 Å². The van der Waals surface area contributed by atoms with Gasteiger partial charge in [-0.1, -0.05) is 24.3 Å². The van der Waals surface area contributed by atoms with E-state index in [1.807, 2.05) is 52.0 Å². The Labute approximate surface area is 179 Å². The largest absolute Gasteiger partial charge is 0.444 e. The quantitative estimate of drug-likeness (QED) is 0.225. The predicted molar refractivity (Wildman–Crippen MR) is 120 cm³/mol. The first kappa shape index (κ1) is 25.4. The van der Waals surface area contributed by atoms with E-state index >= 15 is 0 Å². The van der Waals surface area contributed by atoms with Crippen molar-refractivity contribution in [2.75, 3.05) is 26.7 Å². The predicted octanol–water partition coefficient (Wildman–Crippen LogP) is 3.03. The number of hydrogen-bond donors (Lipinski definition) is 3. The Hall–Kier alpha value is -1.55. The second-order valence-electron chi connectivity index (χ2n) is 6.75. The summed E-state index contributed by atoms with van der Waals surface area (Å²) in [5, 5.41) is 9.11. The highest BCUT2D eigenvalue weighted by Crippen LogP contribution is 2.11. The minimum absolute atomic E-state index is 0. The molecule has 1 aromatic rings. The molecule has 0 aromatic heterocycles. The molecule has 7 nitrogen and oxygen atoms in total. The van der Waals surface area contributed by atoms with Crippen molar-refractivity contribution in [3.8, 4) is 0 Å². The maximum Gasteiger partial charge on any atom is 0.407 e. The van der Waals surface area contributed by atoms with Crippen molar-refractivity contribution >= 4 is 36.0 Å². The van der Waals surface area contributed by atoms with Crippen LogP contribution in [-0.2, 0) is 22.6 Å². The number of methoxy groups -OCH3 is 1. The van der Waals surface area contributed by atoms with Gasteiger partial charge in [0.15, 0.2) is 5.96 Å². The van der Waals surface area contributed by atoms with Gasteiger partial charge in [0.1, 0.15) is 5.60 Å². The molecular formula is C19H33IN4O3. The van der Waals surface area contributed by atoms with Gasteiger partial charge >= 0.3 is 6.09 Å². The first-order valence-corrected chi connectivity index (χ1v) is 8.90. The van der Waals surface area contributed by atoms with Gasteiger partial charge < -0.3 is 25.4 Å². The molecule has 1 aromatic carbocycles. The SMILES string of the molecule is CCNC(=NCc1ccccc1COC)NCCNC(=O)OC(C)(C)C.I. The van der Waals surface area contributed by atoms with Crippen LogP contribution in [-0.4, -0.2) is 44.4 Å². The Kier molecular flexibility index (Phi) is 12.8. The molecule has 0 fully saturated rings. The number of aliphatic imine (C=N–C) groups is 1.